The number of benzene rings is 1. The highest BCUT2D eigenvalue weighted by atomic mass is 19.4. The lowest BCUT2D eigenvalue weighted by Gasteiger charge is -2.12. The number of anilines is 1. The van der Waals surface area contributed by atoms with Crippen LogP contribution in [0.3, 0.4) is 0 Å². The standard InChI is InChI=1S/C19H14F3N5O/c1-10-2-3-11(19(20,21)22)8-14(10)15-12(4-6-23-15)18(28)27-17-13-5-7-24-16(13)25-9-26-17/h2-9,23H,1H3,(H2,24,25,26,27,28). The van der Waals surface area contributed by atoms with E-state index in [1.165, 1.54) is 24.7 Å². The Labute approximate surface area is 156 Å². The maximum Gasteiger partial charge on any atom is 0.416 e. The molecule has 0 aliphatic rings. The molecule has 0 aliphatic carbocycles. The number of hydrogen-bond acceptors (Lipinski definition) is 3. The second-order valence-electron chi connectivity index (χ2n) is 6.21. The molecule has 0 aliphatic heterocycles. The number of alkyl halides is 3. The van der Waals surface area contributed by atoms with Gasteiger partial charge in [0.15, 0.2) is 0 Å². The fraction of sp³-hybridized carbons (Fsp3) is 0.105. The Morgan fingerprint density at radius 1 is 1.07 bits per heavy atom. The van der Waals surface area contributed by atoms with Crippen LogP contribution in [0.1, 0.15) is 21.5 Å². The highest BCUT2D eigenvalue weighted by Gasteiger charge is 2.31. The maximum atomic E-state index is 13.1. The van der Waals surface area contributed by atoms with Gasteiger partial charge in [-0.25, -0.2) is 9.97 Å². The fourth-order valence-electron chi connectivity index (χ4n) is 3.00. The van der Waals surface area contributed by atoms with Gasteiger partial charge in [0.2, 0.25) is 0 Å². The highest BCUT2D eigenvalue weighted by molar-refractivity contribution is 6.10. The van der Waals surface area contributed by atoms with Crippen LogP contribution in [0.4, 0.5) is 19.0 Å². The first-order valence-electron chi connectivity index (χ1n) is 8.29. The highest BCUT2D eigenvalue weighted by Crippen LogP contribution is 2.34. The summed E-state index contributed by atoms with van der Waals surface area (Å²) in [6.45, 7) is 1.69. The van der Waals surface area contributed by atoms with Crippen molar-refractivity contribution in [3.63, 3.8) is 0 Å². The van der Waals surface area contributed by atoms with E-state index in [2.05, 4.69) is 25.3 Å². The summed E-state index contributed by atoms with van der Waals surface area (Å²) in [5.74, 6) is -0.182. The number of halogens is 3. The predicted molar refractivity (Wildman–Crippen MR) is 97.8 cm³/mol. The van der Waals surface area contributed by atoms with Crippen LogP contribution in [-0.2, 0) is 6.18 Å². The van der Waals surface area contributed by atoms with Crippen LogP contribution in [0.5, 0.6) is 0 Å². The van der Waals surface area contributed by atoms with E-state index in [0.29, 0.717) is 33.7 Å². The van der Waals surface area contributed by atoms with Crippen LogP contribution in [-0.4, -0.2) is 25.8 Å². The molecule has 0 spiro atoms. The summed E-state index contributed by atoms with van der Waals surface area (Å²) in [4.78, 5) is 26.7. The van der Waals surface area contributed by atoms with E-state index < -0.39 is 17.6 Å². The molecule has 6 nitrogen and oxygen atoms in total. The van der Waals surface area contributed by atoms with Crippen molar-refractivity contribution < 1.29 is 18.0 Å². The van der Waals surface area contributed by atoms with Crippen molar-refractivity contribution in [2.24, 2.45) is 0 Å². The van der Waals surface area contributed by atoms with Gasteiger partial charge in [-0.1, -0.05) is 6.07 Å². The molecule has 0 fully saturated rings. The van der Waals surface area contributed by atoms with Crippen molar-refractivity contribution in [3.8, 4) is 11.3 Å². The molecule has 9 heteroatoms. The van der Waals surface area contributed by atoms with Crippen molar-refractivity contribution in [2.75, 3.05) is 5.32 Å². The van der Waals surface area contributed by atoms with Crippen molar-refractivity contribution in [2.45, 2.75) is 13.1 Å². The summed E-state index contributed by atoms with van der Waals surface area (Å²) >= 11 is 0. The molecule has 4 rings (SSSR count). The van der Waals surface area contributed by atoms with Gasteiger partial charge < -0.3 is 15.3 Å². The van der Waals surface area contributed by atoms with Crippen LogP contribution in [0, 0.1) is 6.92 Å². The zero-order valence-electron chi connectivity index (χ0n) is 14.6. The average molecular weight is 385 g/mol. The minimum atomic E-state index is -4.47. The Hall–Kier alpha value is -3.62. The monoisotopic (exact) mass is 385 g/mol. The van der Waals surface area contributed by atoms with Gasteiger partial charge in [0, 0.05) is 18.0 Å². The number of carbonyl (C=O) groups excluding carboxylic acids is 1. The third kappa shape index (κ3) is 3.11. The lowest BCUT2D eigenvalue weighted by atomic mass is 9.99. The second kappa shape index (κ2) is 6.52. The van der Waals surface area contributed by atoms with Gasteiger partial charge in [0.25, 0.3) is 5.91 Å². The van der Waals surface area contributed by atoms with Crippen LogP contribution < -0.4 is 5.32 Å². The van der Waals surface area contributed by atoms with E-state index in [1.807, 2.05) is 0 Å². The van der Waals surface area contributed by atoms with Crippen molar-refractivity contribution in [3.05, 3.63) is 65.7 Å². The molecule has 3 N–H and O–H groups in total. The largest absolute Gasteiger partial charge is 0.416 e. The van der Waals surface area contributed by atoms with Gasteiger partial charge in [-0.2, -0.15) is 13.2 Å². The molecule has 3 heterocycles. The molecule has 1 amide bonds. The number of nitrogens with zero attached hydrogens (tertiary/aromatic N) is 2. The summed E-state index contributed by atoms with van der Waals surface area (Å²) < 4.78 is 39.3. The fourth-order valence-corrected chi connectivity index (χ4v) is 3.00. The number of hydrogen-bond donors (Lipinski definition) is 3. The van der Waals surface area contributed by atoms with Gasteiger partial charge in [-0.05, 0) is 36.8 Å². The first-order chi connectivity index (χ1) is 13.3. The summed E-state index contributed by atoms with van der Waals surface area (Å²) in [7, 11) is 0. The third-order valence-electron chi connectivity index (χ3n) is 4.41. The number of aryl methyl sites for hydroxylation is 1. The number of rotatable bonds is 3. The Morgan fingerprint density at radius 2 is 1.86 bits per heavy atom. The molecule has 28 heavy (non-hydrogen) atoms. The molecule has 0 unspecified atom stereocenters. The Kier molecular flexibility index (Phi) is 4.14. The van der Waals surface area contributed by atoms with Gasteiger partial charge in [-0.15, -0.1) is 0 Å². The van der Waals surface area contributed by atoms with Gasteiger partial charge >= 0.3 is 6.18 Å². The molecular formula is C19H14F3N5O. The average Bonchev–Trinajstić information content (AvgIpc) is 3.31. The molecular weight excluding hydrogens is 371 g/mol. The van der Waals surface area contributed by atoms with E-state index >= 15 is 0 Å². The van der Waals surface area contributed by atoms with Gasteiger partial charge in [-0.3, -0.25) is 4.79 Å². The zero-order chi connectivity index (χ0) is 19.9. The molecule has 0 atom stereocenters. The van der Waals surface area contributed by atoms with E-state index in [4.69, 9.17) is 0 Å². The molecule has 0 saturated carbocycles. The quantitative estimate of drug-likeness (QED) is 0.484. The van der Waals surface area contributed by atoms with E-state index in [9.17, 15) is 18.0 Å². The second-order valence-corrected chi connectivity index (χ2v) is 6.21. The zero-order valence-corrected chi connectivity index (χ0v) is 14.6. The number of carbonyl (C=O) groups is 1. The number of nitrogens with one attached hydrogen (secondary N) is 3. The number of H-pyrrole nitrogens is 2. The van der Waals surface area contributed by atoms with Crippen LogP contribution >= 0.6 is 0 Å². The molecule has 0 bridgehead atoms. The van der Waals surface area contributed by atoms with Gasteiger partial charge in [0.1, 0.15) is 17.8 Å². The van der Waals surface area contributed by atoms with E-state index in [-0.39, 0.29) is 5.56 Å². The minimum Gasteiger partial charge on any atom is -0.361 e. The molecule has 4 aromatic rings. The number of aromatic nitrogens is 4. The summed E-state index contributed by atoms with van der Waals surface area (Å²) in [6.07, 6.45) is 0.0142. The molecule has 1 aromatic carbocycles. The summed E-state index contributed by atoms with van der Waals surface area (Å²) in [5.41, 5.74) is 1.22. The number of fused-ring (bicyclic) bond motifs is 1. The lowest BCUT2D eigenvalue weighted by Crippen LogP contribution is -2.14. The van der Waals surface area contributed by atoms with Crippen LogP contribution in [0.15, 0.2) is 49.1 Å². The SMILES string of the molecule is Cc1ccc(C(F)(F)F)cc1-c1[nH]ccc1C(=O)Nc1ncnc2[nH]ccc12. The summed E-state index contributed by atoms with van der Waals surface area (Å²) in [5, 5.41) is 3.32. The van der Waals surface area contributed by atoms with E-state index in [1.54, 1.807) is 19.2 Å². The normalized spacial score (nSPS) is 11.7. The molecule has 3 aromatic heterocycles. The Bertz CT molecular complexity index is 1180. The molecule has 0 radical (unpaired) electrons. The third-order valence-corrected chi connectivity index (χ3v) is 4.41. The van der Waals surface area contributed by atoms with Crippen LogP contribution in [0.25, 0.3) is 22.3 Å². The van der Waals surface area contributed by atoms with E-state index in [0.717, 1.165) is 12.1 Å². The van der Waals surface area contributed by atoms with Crippen molar-refractivity contribution in [1.29, 1.82) is 0 Å². The predicted octanol–water partition coefficient (Wildman–Crippen LogP) is 4.53. The van der Waals surface area contributed by atoms with Crippen molar-refractivity contribution in [1.82, 2.24) is 19.9 Å². The number of amides is 1. The molecule has 142 valence electrons. The van der Waals surface area contributed by atoms with Crippen molar-refractivity contribution >= 4 is 22.8 Å². The number of aromatic amines is 2. The molecule has 0 saturated heterocycles. The first-order valence-corrected chi connectivity index (χ1v) is 8.29. The first kappa shape index (κ1) is 17.8. The van der Waals surface area contributed by atoms with Gasteiger partial charge in [0.05, 0.1) is 22.2 Å². The minimum absolute atomic E-state index is 0.213. The Morgan fingerprint density at radius 3 is 2.64 bits per heavy atom. The smallest absolute Gasteiger partial charge is 0.361 e. The maximum absolute atomic E-state index is 13.1. The topological polar surface area (TPSA) is 86.5 Å². The van der Waals surface area contributed by atoms with Crippen LogP contribution in [0.2, 0.25) is 0 Å². The summed E-state index contributed by atoms with van der Waals surface area (Å²) in [6, 6.07) is 6.67. The lowest BCUT2D eigenvalue weighted by molar-refractivity contribution is -0.137. The Balaban J connectivity index is 1.72.